The molecule has 0 unspecified atom stereocenters. The lowest BCUT2D eigenvalue weighted by Crippen LogP contribution is -2.22. The Morgan fingerprint density at radius 1 is 1.12 bits per heavy atom. The lowest BCUT2D eigenvalue weighted by atomic mass is 9.96. The van der Waals surface area contributed by atoms with E-state index in [1.807, 2.05) is 25.1 Å². The highest BCUT2D eigenvalue weighted by Crippen LogP contribution is 2.27. The number of hydrogen-bond donors (Lipinski definition) is 2. The average Bonchev–Trinajstić information content (AvgIpc) is 2.64. The van der Waals surface area contributed by atoms with Crippen molar-refractivity contribution in [3.63, 3.8) is 0 Å². The first-order valence-electron chi connectivity index (χ1n) is 8.85. The van der Waals surface area contributed by atoms with Crippen LogP contribution in [0, 0.1) is 12.8 Å². The van der Waals surface area contributed by atoms with Gasteiger partial charge in [0.15, 0.2) is 0 Å². The molecule has 5 heteroatoms. The van der Waals surface area contributed by atoms with E-state index in [0.29, 0.717) is 12.3 Å². The van der Waals surface area contributed by atoms with Crippen LogP contribution in [-0.2, 0) is 9.53 Å². The van der Waals surface area contributed by atoms with E-state index in [1.165, 1.54) is 0 Å². The molecule has 2 aromatic carbocycles. The summed E-state index contributed by atoms with van der Waals surface area (Å²) in [5, 5.41) is 12.0. The molecule has 0 saturated carbocycles. The summed E-state index contributed by atoms with van der Waals surface area (Å²) < 4.78 is 5.33. The number of carboxylic acid groups (broad SMARTS) is 1. The average molecular weight is 353 g/mol. The standard InChI is InChI=1S/C21H23NO4/c1-14-2-7-18(22-20(23)12-15-8-10-26-11-9-15)13-19(14)16-3-5-17(6-4-16)21(24)25/h2-7,13,15H,8-12H2,1H3,(H,22,23)(H,24,25). The summed E-state index contributed by atoms with van der Waals surface area (Å²) in [6, 6.07) is 12.6. The molecule has 2 aromatic rings. The van der Waals surface area contributed by atoms with E-state index in [2.05, 4.69) is 5.32 Å². The Morgan fingerprint density at radius 3 is 2.46 bits per heavy atom. The first kappa shape index (κ1) is 18.1. The van der Waals surface area contributed by atoms with E-state index in [9.17, 15) is 9.59 Å². The van der Waals surface area contributed by atoms with Gasteiger partial charge in [0.05, 0.1) is 5.56 Å². The molecule has 1 aliphatic rings. The third kappa shape index (κ3) is 4.49. The number of nitrogens with one attached hydrogen (secondary N) is 1. The number of carboxylic acids is 1. The third-order valence-electron chi connectivity index (χ3n) is 4.78. The summed E-state index contributed by atoms with van der Waals surface area (Å²) >= 11 is 0. The van der Waals surface area contributed by atoms with Gasteiger partial charge in [0.25, 0.3) is 0 Å². The quantitative estimate of drug-likeness (QED) is 0.848. The van der Waals surface area contributed by atoms with Crippen molar-refractivity contribution in [1.29, 1.82) is 0 Å². The van der Waals surface area contributed by atoms with Crippen molar-refractivity contribution in [2.24, 2.45) is 5.92 Å². The fourth-order valence-electron chi connectivity index (χ4n) is 3.23. The van der Waals surface area contributed by atoms with Gasteiger partial charge in [0.2, 0.25) is 5.91 Å². The normalized spacial score (nSPS) is 14.8. The second-order valence-electron chi connectivity index (χ2n) is 6.72. The van der Waals surface area contributed by atoms with E-state index in [1.54, 1.807) is 24.3 Å². The van der Waals surface area contributed by atoms with Gasteiger partial charge in [-0.2, -0.15) is 0 Å². The summed E-state index contributed by atoms with van der Waals surface area (Å²) in [6.45, 7) is 3.46. The Kier molecular flexibility index (Phi) is 5.68. The molecular weight excluding hydrogens is 330 g/mol. The molecule has 2 N–H and O–H groups in total. The lowest BCUT2D eigenvalue weighted by Gasteiger charge is -2.21. The van der Waals surface area contributed by atoms with E-state index in [0.717, 1.165) is 48.4 Å². The van der Waals surface area contributed by atoms with Gasteiger partial charge < -0.3 is 15.2 Å². The van der Waals surface area contributed by atoms with Crippen molar-refractivity contribution in [3.8, 4) is 11.1 Å². The first-order valence-corrected chi connectivity index (χ1v) is 8.85. The number of carbonyl (C=O) groups is 2. The smallest absolute Gasteiger partial charge is 0.335 e. The van der Waals surface area contributed by atoms with Crippen LogP contribution in [-0.4, -0.2) is 30.2 Å². The summed E-state index contributed by atoms with van der Waals surface area (Å²) in [6.07, 6.45) is 2.38. The number of benzene rings is 2. The number of anilines is 1. The molecule has 136 valence electrons. The molecule has 1 heterocycles. The lowest BCUT2D eigenvalue weighted by molar-refractivity contribution is -0.117. The van der Waals surface area contributed by atoms with Gasteiger partial charge in [-0.3, -0.25) is 4.79 Å². The second-order valence-corrected chi connectivity index (χ2v) is 6.72. The molecule has 1 aliphatic heterocycles. The number of hydrogen-bond acceptors (Lipinski definition) is 3. The maximum atomic E-state index is 12.3. The van der Waals surface area contributed by atoms with Crippen molar-refractivity contribution < 1.29 is 19.4 Å². The number of carbonyl (C=O) groups excluding carboxylic acids is 1. The molecule has 0 atom stereocenters. The van der Waals surface area contributed by atoms with Gasteiger partial charge >= 0.3 is 5.97 Å². The number of rotatable bonds is 5. The fraction of sp³-hybridized carbons (Fsp3) is 0.333. The van der Waals surface area contributed by atoms with Crippen LogP contribution < -0.4 is 5.32 Å². The van der Waals surface area contributed by atoms with Crippen molar-refractivity contribution >= 4 is 17.6 Å². The highest BCUT2D eigenvalue weighted by atomic mass is 16.5. The summed E-state index contributed by atoms with van der Waals surface area (Å²) in [5.74, 6) is -0.535. The Bertz CT molecular complexity index is 792. The molecule has 0 bridgehead atoms. The summed E-state index contributed by atoms with van der Waals surface area (Å²) in [5.41, 5.74) is 3.98. The maximum Gasteiger partial charge on any atom is 0.335 e. The van der Waals surface area contributed by atoms with Crippen LogP contribution in [0.5, 0.6) is 0 Å². The van der Waals surface area contributed by atoms with Crippen LogP contribution in [0.3, 0.4) is 0 Å². The minimum atomic E-state index is -0.942. The zero-order chi connectivity index (χ0) is 18.5. The Labute approximate surface area is 153 Å². The highest BCUT2D eigenvalue weighted by molar-refractivity contribution is 5.92. The molecule has 0 radical (unpaired) electrons. The van der Waals surface area contributed by atoms with Crippen LogP contribution in [0.15, 0.2) is 42.5 Å². The van der Waals surface area contributed by atoms with Gasteiger partial charge in [-0.05, 0) is 66.6 Å². The van der Waals surface area contributed by atoms with Crippen molar-refractivity contribution in [1.82, 2.24) is 0 Å². The molecule has 3 rings (SSSR count). The van der Waals surface area contributed by atoms with Crippen LogP contribution in [0.25, 0.3) is 11.1 Å². The molecule has 5 nitrogen and oxygen atoms in total. The Balaban J connectivity index is 1.72. The fourth-order valence-corrected chi connectivity index (χ4v) is 3.23. The van der Waals surface area contributed by atoms with Crippen LogP contribution in [0.4, 0.5) is 5.69 Å². The monoisotopic (exact) mass is 353 g/mol. The minimum absolute atomic E-state index is 0.0212. The minimum Gasteiger partial charge on any atom is -0.478 e. The molecule has 1 saturated heterocycles. The largest absolute Gasteiger partial charge is 0.478 e. The van der Waals surface area contributed by atoms with Gasteiger partial charge in [0.1, 0.15) is 0 Å². The maximum absolute atomic E-state index is 12.3. The predicted octanol–water partition coefficient (Wildman–Crippen LogP) is 4.12. The molecule has 0 spiro atoms. The third-order valence-corrected chi connectivity index (χ3v) is 4.78. The van der Waals surface area contributed by atoms with E-state index in [4.69, 9.17) is 9.84 Å². The van der Waals surface area contributed by atoms with Crippen LogP contribution in [0.1, 0.15) is 35.2 Å². The number of amides is 1. The van der Waals surface area contributed by atoms with Crippen molar-refractivity contribution in [2.75, 3.05) is 18.5 Å². The van der Waals surface area contributed by atoms with Crippen molar-refractivity contribution in [3.05, 3.63) is 53.6 Å². The molecular formula is C21H23NO4. The molecule has 0 aromatic heterocycles. The highest BCUT2D eigenvalue weighted by Gasteiger charge is 2.17. The zero-order valence-electron chi connectivity index (χ0n) is 14.8. The van der Waals surface area contributed by atoms with E-state index in [-0.39, 0.29) is 11.5 Å². The molecule has 1 fully saturated rings. The van der Waals surface area contributed by atoms with Gasteiger partial charge in [-0.25, -0.2) is 4.79 Å². The summed E-state index contributed by atoms with van der Waals surface area (Å²) in [7, 11) is 0. The van der Waals surface area contributed by atoms with Gasteiger partial charge in [-0.15, -0.1) is 0 Å². The van der Waals surface area contributed by atoms with Gasteiger partial charge in [0, 0.05) is 25.3 Å². The Hall–Kier alpha value is -2.66. The van der Waals surface area contributed by atoms with E-state index >= 15 is 0 Å². The Morgan fingerprint density at radius 2 is 1.81 bits per heavy atom. The second kappa shape index (κ2) is 8.15. The molecule has 26 heavy (non-hydrogen) atoms. The van der Waals surface area contributed by atoms with Crippen LogP contribution >= 0.6 is 0 Å². The topological polar surface area (TPSA) is 75.6 Å². The number of ether oxygens (including phenoxy) is 1. The van der Waals surface area contributed by atoms with E-state index < -0.39 is 5.97 Å². The first-order chi connectivity index (χ1) is 12.5. The van der Waals surface area contributed by atoms with Crippen molar-refractivity contribution in [2.45, 2.75) is 26.2 Å². The van der Waals surface area contributed by atoms with Gasteiger partial charge in [-0.1, -0.05) is 18.2 Å². The zero-order valence-corrected chi connectivity index (χ0v) is 14.8. The SMILES string of the molecule is Cc1ccc(NC(=O)CC2CCOCC2)cc1-c1ccc(C(=O)O)cc1. The number of aryl methyl sites for hydroxylation is 1. The molecule has 0 aliphatic carbocycles. The number of aromatic carboxylic acids is 1. The molecule has 1 amide bonds. The van der Waals surface area contributed by atoms with Crippen LogP contribution in [0.2, 0.25) is 0 Å². The predicted molar refractivity (Wildman–Crippen MR) is 100 cm³/mol. The summed E-state index contributed by atoms with van der Waals surface area (Å²) in [4.78, 5) is 23.3.